The number of aliphatic hydroxyl groups is 1. The highest BCUT2D eigenvalue weighted by molar-refractivity contribution is 5.79. The number of benzene rings is 1. The minimum Gasteiger partial charge on any atom is -0.494 e. The maximum Gasteiger partial charge on any atom is 0.312 e. The van der Waals surface area contributed by atoms with Gasteiger partial charge in [0.25, 0.3) is 0 Å². The quantitative estimate of drug-likeness (QED) is 0.841. The molecule has 4 nitrogen and oxygen atoms in total. The largest absolute Gasteiger partial charge is 0.494 e. The fourth-order valence-electron chi connectivity index (χ4n) is 2.22. The van der Waals surface area contributed by atoms with Crippen LogP contribution in [0.5, 0.6) is 5.75 Å². The molecule has 1 unspecified atom stereocenters. The predicted octanol–water partition coefficient (Wildman–Crippen LogP) is 2.29. The molecule has 18 heavy (non-hydrogen) atoms. The molecule has 0 aliphatic heterocycles. The van der Waals surface area contributed by atoms with Gasteiger partial charge < -0.3 is 14.9 Å². The predicted molar refractivity (Wildman–Crippen MR) is 66.6 cm³/mol. The summed E-state index contributed by atoms with van der Waals surface area (Å²) in [5, 5.41) is 19.4. The number of aryl methyl sites for hydroxylation is 1. The Morgan fingerprint density at radius 3 is 2.61 bits per heavy atom. The Kier molecular flexibility index (Phi) is 3.30. The van der Waals surface area contributed by atoms with Crippen LogP contribution in [0.4, 0.5) is 0 Å². The maximum absolute atomic E-state index is 11.2. The van der Waals surface area contributed by atoms with Crippen LogP contribution in [0.15, 0.2) is 18.2 Å². The highest BCUT2D eigenvalue weighted by Gasteiger charge is 2.56. The molecule has 0 amide bonds. The van der Waals surface area contributed by atoms with Gasteiger partial charge in [-0.3, -0.25) is 4.79 Å². The zero-order chi connectivity index (χ0) is 13.3. The Labute approximate surface area is 106 Å². The summed E-state index contributed by atoms with van der Waals surface area (Å²) in [6.07, 6.45) is 0.135. The Bertz CT molecular complexity index is 463. The molecule has 0 heterocycles. The van der Waals surface area contributed by atoms with Gasteiger partial charge in [-0.2, -0.15) is 0 Å². The number of ether oxygens (including phenoxy) is 1. The lowest BCUT2D eigenvalue weighted by Gasteiger charge is -2.19. The molecule has 0 bridgehead atoms. The smallest absolute Gasteiger partial charge is 0.312 e. The molecule has 1 aromatic carbocycles. The van der Waals surface area contributed by atoms with Crippen molar-refractivity contribution in [1.82, 2.24) is 0 Å². The van der Waals surface area contributed by atoms with Crippen LogP contribution in [0.25, 0.3) is 0 Å². The first-order valence-electron chi connectivity index (χ1n) is 6.16. The molecule has 0 aromatic heterocycles. The number of carbonyl (C=O) groups is 1. The van der Waals surface area contributed by atoms with Gasteiger partial charge in [-0.25, -0.2) is 0 Å². The summed E-state index contributed by atoms with van der Waals surface area (Å²) >= 11 is 0. The van der Waals surface area contributed by atoms with Crippen LogP contribution in [-0.2, 0) is 4.79 Å². The number of carboxylic acids is 1. The van der Waals surface area contributed by atoms with E-state index in [1.807, 2.05) is 13.8 Å². The van der Waals surface area contributed by atoms with Crippen LogP contribution in [-0.4, -0.2) is 22.8 Å². The number of hydrogen-bond acceptors (Lipinski definition) is 3. The molecule has 2 N–H and O–H groups in total. The van der Waals surface area contributed by atoms with Crippen LogP contribution in [0, 0.1) is 12.3 Å². The third-order valence-corrected chi connectivity index (χ3v) is 3.55. The molecular weight excluding hydrogens is 232 g/mol. The van der Waals surface area contributed by atoms with Gasteiger partial charge in [-0.15, -0.1) is 0 Å². The lowest BCUT2D eigenvalue weighted by Crippen LogP contribution is -2.23. The number of aliphatic carboxylic acids is 1. The van der Waals surface area contributed by atoms with Gasteiger partial charge in [0, 0.05) is 0 Å². The highest BCUT2D eigenvalue weighted by atomic mass is 16.5. The molecular formula is C14H18O4. The van der Waals surface area contributed by atoms with Crippen LogP contribution < -0.4 is 4.74 Å². The first kappa shape index (κ1) is 12.9. The van der Waals surface area contributed by atoms with Gasteiger partial charge in [0.15, 0.2) is 0 Å². The Morgan fingerprint density at radius 1 is 1.50 bits per heavy atom. The van der Waals surface area contributed by atoms with E-state index in [-0.39, 0.29) is 0 Å². The van der Waals surface area contributed by atoms with Crippen molar-refractivity contribution in [2.75, 3.05) is 6.61 Å². The van der Waals surface area contributed by atoms with Gasteiger partial charge in [-0.1, -0.05) is 6.07 Å². The van der Waals surface area contributed by atoms with Crippen LogP contribution in [0.1, 0.15) is 37.0 Å². The van der Waals surface area contributed by atoms with Crippen molar-refractivity contribution in [1.29, 1.82) is 0 Å². The Balaban J connectivity index is 2.24. The van der Waals surface area contributed by atoms with E-state index >= 15 is 0 Å². The SMILES string of the molecule is CCOc1ccc(C(O)C2(C(=O)O)CC2)cc1C. The van der Waals surface area contributed by atoms with Gasteiger partial charge in [0.05, 0.1) is 18.1 Å². The molecule has 1 aromatic rings. The van der Waals surface area contributed by atoms with Crippen molar-refractivity contribution < 1.29 is 19.7 Å². The molecule has 0 saturated heterocycles. The van der Waals surface area contributed by atoms with Crippen molar-refractivity contribution >= 4 is 5.97 Å². The van der Waals surface area contributed by atoms with Crippen molar-refractivity contribution in [2.45, 2.75) is 32.8 Å². The minimum atomic E-state index is -0.973. The Morgan fingerprint density at radius 2 is 2.17 bits per heavy atom. The average molecular weight is 250 g/mol. The van der Waals surface area contributed by atoms with Gasteiger partial charge in [0.2, 0.25) is 0 Å². The summed E-state index contributed by atoms with van der Waals surface area (Å²) in [6.45, 7) is 4.38. The molecule has 4 heteroatoms. The van der Waals surface area contributed by atoms with E-state index in [4.69, 9.17) is 9.84 Å². The number of carboxylic acid groups (broad SMARTS) is 1. The van der Waals surface area contributed by atoms with Gasteiger partial charge >= 0.3 is 5.97 Å². The molecule has 1 saturated carbocycles. The second kappa shape index (κ2) is 4.61. The summed E-state index contributed by atoms with van der Waals surface area (Å²) < 4.78 is 5.42. The third kappa shape index (κ3) is 2.08. The van der Waals surface area contributed by atoms with Gasteiger partial charge in [0.1, 0.15) is 5.75 Å². The first-order valence-corrected chi connectivity index (χ1v) is 6.16. The van der Waals surface area contributed by atoms with E-state index in [2.05, 4.69) is 0 Å². The van der Waals surface area contributed by atoms with Gasteiger partial charge in [-0.05, 0) is 49.9 Å². The molecule has 1 aliphatic rings. The van der Waals surface area contributed by atoms with Crippen LogP contribution in [0.3, 0.4) is 0 Å². The summed E-state index contributed by atoms with van der Waals surface area (Å²) in [5.74, 6) is -0.143. The average Bonchev–Trinajstić information content (AvgIpc) is 3.12. The molecule has 1 fully saturated rings. The molecule has 1 atom stereocenters. The normalized spacial score (nSPS) is 18.2. The fraction of sp³-hybridized carbons (Fsp3) is 0.500. The van der Waals surface area contributed by atoms with E-state index < -0.39 is 17.5 Å². The lowest BCUT2D eigenvalue weighted by atomic mass is 9.92. The first-order chi connectivity index (χ1) is 8.51. The van der Waals surface area contributed by atoms with Crippen molar-refractivity contribution in [3.05, 3.63) is 29.3 Å². The summed E-state index contributed by atoms with van der Waals surface area (Å²) in [4.78, 5) is 11.2. The summed E-state index contributed by atoms with van der Waals surface area (Å²) in [7, 11) is 0. The zero-order valence-corrected chi connectivity index (χ0v) is 10.6. The van der Waals surface area contributed by atoms with E-state index in [9.17, 15) is 9.90 Å². The Hall–Kier alpha value is -1.55. The van der Waals surface area contributed by atoms with Crippen LogP contribution in [0.2, 0.25) is 0 Å². The molecule has 0 spiro atoms. The van der Waals surface area contributed by atoms with Crippen molar-refractivity contribution in [3.63, 3.8) is 0 Å². The second-order valence-corrected chi connectivity index (χ2v) is 4.82. The van der Waals surface area contributed by atoms with Crippen LogP contribution >= 0.6 is 0 Å². The van der Waals surface area contributed by atoms with E-state index in [0.717, 1.165) is 11.3 Å². The molecule has 98 valence electrons. The molecule has 2 rings (SSSR count). The second-order valence-electron chi connectivity index (χ2n) is 4.82. The van der Waals surface area contributed by atoms with Crippen molar-refractivity contribution in [3.8, 4) is 5.75 Å². The third-order valence-electron chi connectivity index (χ3n) is 3.55. The highest BCUT2D eigenvalue weighted by Crippen LogP contribution is 2.55. The molecule has 1 aliphatic carbocycles. The molecule has 0 radical (unpaired) electrons. The standard InChI is InChI=1S/C14H18O4/c1-3-18-11-5-4-10(8-9(11)2)12(15)14(6-7-14)13(16)17/h4-5,8,12,15H,3,6-7H2,1-2H3,(H,16,17). The monoisotopic (exact) mass is 250 g/mol. The van der Waals surface area contributed by atoms with E-state index in [1.165, 1.54) is 0 Å². The summed E-state index contributed by atoms with van der Waals surface area (Å²) in [5.41, 5.74) is 0.588. The fourth-order valence-corrected chi connectivity index (χ4v) is 2.22. The van der Waals surface area contributed by atoms with Crippen molar-refractivity contribution in [2.24, 2.45) is 5.41 Å². The lowest BCUT2D eigenvalue weighted by molar-refractivity contribution is -0.148. The maximum atomic E-state index is 11.2. The van der Waals surface area contributed by atoms with E-state index in [1.54, 1.807) is 18.2 Å². The minimum absolute atomic E-state index is 0.537. The number of hydrogen-bond donors (Lipinski definition) is 2. The number of aliphatic hydroxyl groups excluding tert-OH is 1. The topological polar surface area (TPSA) is 66.8 Å². The number of rotatable bonds is 5. The summed E-state index contributed by atoms with van der Waals surface area (Å²) in [6, 6.07) is 5.33. The zero-order valence-electron chi connectivity index (χ0n) is 10.6. The van der Waals surface area contributed by atoms with E-state index in [0.29, 0.717) is 25.0 Å².